The minimum Gasteiger partial charge on any atom is -0.217 e. The average molecular weight is 340 g/mol. The molecule has 3 rings (SSSR count). The predicted octanol–water partition coefficient (Wildman–Crippen LogP) is 2.26. The van der Waals surface area contributed by atoms with Crippen LogP contribution in [0.1, 0.15) is 17.0 Å². The molecule has 0 amide bonds. The van der Waals surface area contributed by atoms with Crippen LogP contribution in [0.15, 0.2) is 38.0 Å². The van der Waals surface area contributed by atoms with Crippen LogP contribution in [0.2, 0.25) is 0 Å². The van der Waals surface area contributed by atoms with Crippen molar-refractivity contribution < 1.29 is 8.42 Å². The lowest BCUT2D eigenvalue weighted by atomic mass is 10.2. The molecular weight excluding hydrogens is 330 g/mol. The highest BCUT2D eigenvalue weighted by atomic mass is 79.9. The Kier molecular flexibility index (Phi) is 2.65. The van der Waals surface area contributed by atoms with Crippen molar-refractivity contribution in [2.45, 2.75) is 18.7 Å². The summed E-state index contributed by atoms with van der Waals surface area (Å²) in [6, 6.07) is 6.77. The molecule has 5 nitrogen and oxygen atoms in total. The second kappa shape index (κ2) is 4.01. The number of sulfonamides is 1. The number of nitrogens with zero attached hydrogens (tertiary/aromatic N) is 3. The van der Waals surface area contributed by atoms with Crippen molar-refractivity contribution in [3.05, 3.63) is 45.7 Å². The van der Waals surface area contributed by atoms with E-state index in [-0.39, 0.29) is 4.90 Å². The molecule has 0 bridgehead atoms. The number of fused-ring (bicyclic) bond motifs is 1. The zero-order valence-electron chi connectivity index (χ0n) is 10.3. The molecule has 0 radical (unpaired) electrons. The SMILES string of the molecule is Cc1nn(C2=NS(=O)(=O)c3ccccc32)c(C)c1Br. The first-order chi connectivity index (χ1) is 8.92. The van der Waals surface area contributed by atoms with E-state index < -0.39 is 10.0 Å². The van der Waals surface area contributed by atoms with E-state index in [9.17, 15) is 8.42 Å². The number of benzene rings is 1. The molecule has 0 atom stereocenters. The molecule has 1 aromatic carbocycles. The number of hydrogen-bond donors (Lipinski definition) is 0. The van der Waals surface area contributed by atoms with Gasteiger partial charge < -0.3 is 0 Å². The third kappa shape index (κ3) is 1.76. The molecule has 0 aliphatic carbocycles. The highest BCUT2D eigenvalue weighted by Gasteiger charge is 2.31. The van der Waals surface area contributed by atoms with Crippen molar-refractivity contribution in [1.29, 1.82) is 0 Å². The van der Waals surface area contributed by atoms with E-state index in [0.717, 1.165) is 15.9 Å². The number of aromatic nitrogens is 2. The maximum absolute atomic E-state index is 12.0. The second-order valence-corrected chi connectivity index (χ2v) is 6.65. The van der Waals surface area contributed by atoms with Gasteiger partial charge in [-0.05, 0) is 41.9 Å². The fraction of sp³-hybridized carbons (Fsp3) is 0.167. The van der Waals surface area contributed by atoms with Crippen molar-refractivity contribution in [1.82, 2.24) is 9.78 Å². The fourth-order valence-electron chi connectivity index (χ4n) is 2.07. The first-order valence-electron chi connectivity index (χ1n) is 5.58. The van der Waals surface area contributed by atoms with E-state index in [2.05, 4.69) is 25.4 Å². The van der Waals surface area contributed by atoms with Crippen LogP contribution in [-0.4, -0.2) is 24.0 Å². The first kappa shape index (κ1) is 12.6. The van der Waals surface area contributed by atoms with Gasteiger partial charge in [0, 0.05) is 5.56 Å². The Morgan fingerprint density at radius 3 is 2.53 bits per heavy atom. The van der Waals surface area contributed by atoms with Gasteiger partial charge in [0.25, 0.3) is 10.0 Å². The normalized spacial score (nSPS) is 16.3. The Morgan fingerprint density at radius 1 is 1.21 bits per heavy atom. The molecule has 1 aliphatic rings. The summed E-state index contributed by atoms with van der Waals surface area (Å²) >= 11 is 3.43. The Morgan fingerprint density at radius 2 is 1.89 bits per heavy atom. The topological polar surface area (TPSA) is 64.3 Å². The van der Waals surface area contributed by atoms with E-state index >= 15 is 0 Å². The van der Waals surface area contributed by atoms with Crippen LogP contribution < -0.4 is 0 Å². The third-order valence-corrected chi connectivity index (χ3v) is 5.49. The van der Waals surface area contributed by atoms with Crippen LogP contribution in [0, 0.1) is 13.8 Å². The van der Waals surface area contributed by atoms with Crippen molar-refractivity contribution >= 4 is 31.8 Å². The van der Waals surface area contributed by atoms with Crippen molar-refractivity contribution in [2.24, 2.45) is 4.40 Å². The van der Waals surface area contributed by atoms with E-state index in [1.54, 1.807) is 28.9 Å². The van der Waals surface area contributed by atoms with Gasteiger partial charge in [-0.3, -0.25) is 0 Å². The number of halogens is 1. The zero-order chi connectivity index (χ0) is 13.8. The van der Waals surface area contributed by atoms with E-state index in [1.165, 1.54) is 0 Å². The molecule has 7 heteroatoms. The van der Waals surface area contributed by atoms with Gasteiger partial charge in [0.1, 0.15) is 4.90 Å². The zero-order valence-corrected chi connectivity index (χ0v) is 12.7. The number of hydrogen-bond acceptors (Lipinski definition) is 3. The van der Waals surface area contributed by atoms with E-state index in [0.29, 0.717) is 11.4 Å². The minimum atomic E-state index is -3.61. The van der Waals surface area contributed by atoms with Crippen LogP contribution in [-0.2, 0) is 10.0 Å². The van der Waals surface area contributed by atoms with Crippen LogP contribution in [0.5, 0.6) is 0 Å². The van der Waals surface area contributed by atoms with E-state index in [1.807, 2.05) is 13.8 Å². The van der Waals surface area contributed by atoms with Gasteiger partial charge in [0.15, 0.2) is 5.84 Å². The summed E-state index contributed by atoms with van der Waals surface area (Å²) in [6.45, 7) is 3.71. The maximum Gasteiger partial charge on any atom is 0.285 e. The molecule has 0 fully saturated rings. The molecular formula is C12H10BrN3O2S. The molecule has 98 valence electrons. The van der Waals surface area contributed by atoms with Crippen LogP contribution in [0.4, 0.5) is 0 Å². The number of rotatable bonds is 0. The predicted molar refractivity (Wildman–Crippen MR) is 75.0 cm³/mol. The highest BCUT2D eigenvalue weighted by molar-refractivity contribution is 9.10. The summed E-state index contributed by atoms with van der Waals surface area (Å²) in [4.78, 5) is 0.230. The van der Waals surface area contributed by atoms with Crippen molar-refractivity contribution in [3.8, 4) is 0 Å². The summed E-state index contributed by atoms with van der Waals surface area (Å²) in [5, 5.41) is 4.33. The van der Waals surface area contributed by atoms with Gasteiger partial charge in [-0.2, -0.15) is 13.5 Å². The lowest BCUT2D eigenvalue weighted by Crippen LogP contribution is -2.14. The van der Waals surface area contributed by atoms with Gasteiger partial charge in [-0.15, -0.1) is 4.40 Å². The summed E-state index contributed by atoms with van der Waals surface area (Å²) in [6.07, 6.45) is 0. The minimum absolute atomic E-state index is 0.230. The molecule has 19 heavy (non-hydrogen) atoms. The summed E-state index contributed by atoms with van der Waals surface area (Å²) in [5.41, 5.74) is 2.20. The maximum atomic E-state index is 12.0. The Hall–Kier alpha value is -1.47. The van der Waals surface area contributed by atoms with E-state index in [4.69, 9.17) is 0 Å². The molecule has 1 aromatic heterocycles. The smallest absolute Gasteiger partial charge is 0.217 e. The molecule has 0 unspecified atom stereocenters. The monoisotopic (exact) mass is 339 g/mol. The van der Waals surface area contributed by atoms with Gasteiger partial charge in [0.2, 0.25) is 0 Å². The molecule has 0 spiro atoms. The molecule has 2 aromatic rings. The summed E-state index contributed by atoms with van der Waals surface area (Å²) < 4.78 is 30.3. The van der Waals surface area contributed by atoms with Gasteiger partial charge in [-0.1, -0.05) is 12.1 Å². The van der Waals surface area contributed by atoms with Crippen LogP contribution in [0.25, 0.3) is 0 Å². The number of aryl methyl sites for hydroxylation is 1. The first-order valence-corrected chi connectivity index (χ1v) is 7.81. The lowest BCUT2D eigenvalue weighted by Gasteiger charge is -2.04. The lowest BCUT2D eigenvalue weighted by molar-refractivity contribution is 0.599. The highest BCUT2D eigenvalue weighted by Crippen LogP contribution is 2.29. The molecule has 0 saturated heterocycles. The molecule has 2 heterocycles. The summed E-state index contributed by atoms with van der Waals surface area (Å²) in [7, 11) is -3.61. The largest absolute Gasteiger partial charge is 0.285 e. The van der Waals surface area contributed by atoms with Crippen molar-refractivity contribution in [2.75, 3.05) is 0 Å². The fourth-order valence-corrected chi connectivity index (χ4v) is 3.51. The Bertz CT molecular complexity index is 821. The third-order valence-electron chi connectivity index (χ3n) is 3.02. The average Bonchev–Trinajstić information content (AvgIpc) is 2.79. The molecule has 1 aliphatic heterocycles. The quantitative estimate of drug-likeness (QED) is 0.739. The van der Waals surface area contributed by atoms with Gasteiger partial charge in [-0.25, -0.2) is 4.68 Å². The Labute approximate surface area is 119 Å². The van der Waals surface area contributed by atoms with Gasteiger partial charge in [0.05, 0.1) is 15.9 Å². The Balaban J connectivity index is 2.31. The van der Waals surface area contributed by atoms with Crippen LogP contribution >= 0.6 is 15.9 Å². The van der Waals surface area contributed by atoms with Gasteiger partial charge >= 0.3 is 0 Å². The second-order valence-electron chi connectivity index (χ2n) is 4.28. The molecule has 0 N–H and O–H groups in total. The van der Waals surface area contributed by atoms with Crippen molar-refractivity contribution in [3.63, 3.8) is 0 Å². The molecule has 0 saturated carbocycles. The standard InChI is InChI=1S/C12H10BrN3O2S/c1-7-11(13)8(2)16(14-7)12-9-5-3-4-6-10(9)19(17,18)15-12/h3-6H,1-2H3. The van der Waals surface area contributed by atoms with Crippen LogP contribution in [0.3, 0.4) is 0 Å². The summed E-state index contributed by atoms with van der Waals surface area (Å²) in [5.74, 6) is 0.349.